The number of rotatable bonds is 6. The Morgan fingerprint density at radius 3 is 2.56 bits per heavy atom. The summed E-state index contributed by atoms with van der Waals surface area (Å²) < 4.78 is 5.26. The largest absolute Gasteiger partial charge is 0.508 e. The van der Waals surface area contributed by atoms with E-state index in [2.05, 4.69) is 4.98 Å². The van der Waals surface area contributed by atoms with Crippen molar-refractivity contribution in [1.82, 2.24) is 9.88 Å². The molecule has 0 fully saturated rings. The van der Waals surface area contributed by atoms with E-state index in [4.69, 9.17) is 4.42 Å². The van der Waals surface area contributed by atoms with E-state index in [9.17, 15) is 9.90 Å². The molecule has 1 amide bonds. The summed E-state index contributed by atoms with van der Waals surface area (Å²) in [6.07, 6.45) is 3.86. The molecule has 0 saturated heterocycles. The van der Waals surface area contributed by atoms with Crippen LogP contribution in [0.1, 0.15) is 29.3 Å². The maximum Gasteiger partial charge on any atom is 0.254 e. The van der Waals surface area contributed by atoms with Gasteiger partial charge in [-0.3, -0.25) is 4.79 Å². The summed E-state index contributed by atoms with van der Waals surface area (Å²) in [7, 11) is 0. The lowest BCUT2D eigenvalue weighted by Gasteiger charge is -2.23. The molecule has 0 spiro atoms. The Balaban J connectivity index is 1.79. The SMILES string of the molecule is CCCN(Cc1ccccc1O)C(=O)c1ccc(-c2cnco2)cc1. The van der Waals surface area contributed by atoms with Gasteiger partial charge in [-0.15, -0.1) is 0 Å². The van der Waals surface area contributed by atoms with Crippen molar-refractivity contribution in [2.24, 2.45) is 0 Å². The van der Waals surface area contributed by atoms with Gasteiger partial charge in [-0.2, -0.15) is 0 Å². The molecule has 3 aromatic rings. The quantitative estimate of drug-likeness (QED) is 0.736. The molecule has 0 aliphatic heterocycles. The smallest absolute Gasteiger partial charge is 0.254 e. The van der Waals surface area contributed by atoms with Gasteiger partial charge in [-0.25, -0.2) is 4.98 Å². The standard InChI is InChI=1S/C20H20N2O3/c1-2-11-22(13-17-5-3-4-6-18(17)23)20(24)16-9-7-15(8-10-16)19-12-21-14-25-19/h3-10,12,14,23H,2,11,13H2,1H3. The highest BCUT2D eigenvalue weighted by Gasteiger charge is 2.17. The molecule has 0 radical (unpaired) electrons. The van der Waals surface area contributed by atoms with Crippen LogP contribution in [-0.2, 0) is 6.54 Å². The van der Waals surface area contributed by atoms with Gasteiger partial charge in [0.15, 0.2) is 12.2 Å². The average Bonchev–Trinajstić information content (AvgIpc) is 3.17. The van der Waals surface area contributed by atoms with Crippen molar-refractivity contribution >= 4 is 5.91 Å². The lowest BCUT2D eigenvalue weighted by molar-refractivity contribution is 0.0742. The summed E-state index contributed by atoms with van der Waals surface area (Å²) in [5.74, 6) is 0.810. The zero-order valence-electron chi connectivity index (χ0n) is 14.1. The van der Waals surface area contributed by atoms with E-state index in [1.807, 2.05) is 31.2 Å². The Morgan fingerprint density at radius 1 is 1.16 bits per heavy atom. The normalized spacial score (nSPS) is 10.6. The molecule has 2 aromatic carbocycles. The van der Waals surface area contributed by atoms with Gasteiger partial charge in [0.2, 0.25) is 0 Å². The van der Waals surface area contributed by atoms with Crippen molar-refractivity contribution in [3.8, 4) is 17.1 Å². The van der Waals surface area contributed by atoms with Crippen molar-refractivity contribution in [2.45, 2.75) is 19.9 Å². The monoisotopic (exact) mass is 336 g/mol. The molecule has 128 valence electrons. The van der Waals surface area contributed by atoms with Crippen molar-refractivity contribution in [2.75, 3.05) is 6.54 Å². The number of nitrogens with zero attached hydrogens (tertiary/aromatic N) is 2. The third kappa shape index (κ3) is 3.88. The lowest BCUT2D eigenvalue weighted by Crippen LogP contribution is -2.31. The first-order valence-electron chi connectivity index (χ1n) is 8.24. The number of benzene rings is 2. The minimum atomic E-state index is -0.0609. The number of carbonyl (C=O) groups is 1. The highest BCUT2D eigenvalue weighted by molar-refractivity contribution is 5.94. The van der Waals surface area contributed by atoms with Crippen molar-refractivity contribution in [3.05, 3.63) is 72.2 Å². The zero-order valence-corrected chi connectivity index (χ0v) is 14.1. The van der Waals surface area contributed by atoms with Crippen LogP contribution in [0.15, 0.2) is 65.5 Å². The Hall–Kier alpha value is -3.08. The number of amides is 1. The van der Waals surface area contributed by atoms with E-state index in [1.165, 1.54) is 6.39 Å². The fourth-order valence-corrected chi connectivity index (χ4v) is 2.69. The second kappa shape index (κ2) is 7.66. The van der Waals surface area contributed by atoms with Gasteiger partial charge in [-0.1, -0.05) is 37.3 Å². The molecule has 25 heavy (non-hydrogen) atoms. The summed E-state index contributed by atoms with van der Waals surface area (Å²) in [4.78, 5) is 18.5. The first-order chi connectivity index (χ1) is 12.2. The zero-order chi connectivity index (χ0) is 17.6. The van der Waals surface area contributed by atoms with Gasteiger partial charge in [0.25, 0.3) is 5.91 Å². The molecule has 0 aliphatic rings. The van der Waals surface area contributed by atoms with Gasteiger partial charge in [0.05, 0.1) is 6.20 Å². The third-order valence-corrected chi connectivity index (χ3v) is 3.98. The lowest BCUT2D eigenvalue weighted by atomic mass is 10.1. The minimum Gasteiger partial charge on any atom is -0.508 e. The van der Waals surface area contributed by atoms with Gasteiger partial charge < -0.3 is 14.4 Å². The van der Waals surface area contributed by atoms with E-state index < -0.39 is 0 Å². The fourth-order valence-electron chi connectivity index (χ4n) is 2.69. The second-order valence-corrected chi connectivity index (χ2v) is 5.80. The van der Waals surface area contributed by atoms with Crippen LogP contribution < -0.4 is 0 Å². The summed E-state index contributed by atoms with van der Waals surface area (Å²) in [6.45, 7) is 3.03. The molecular weight excluding hydrogens is 316 g/mol. The molecule has 5 nitrogen and oxygen atoms in total. The Kier molecular flexibility index (Phi) is 5.14. The van der Waals surface area contributed by atoms with E-state index in [1.54, 1.807) is 35.4 Å². The first kappa shape index (κ1) is 16.8. The van der Waals surface area contributed by atoms with Crippen LogP contribution in [0.25, 0.3) is 11.3 Å². The molecule has 1 heterocycles. The first-order valence-corrected chi connectivity index (χ1v) is 8.24. The van der Waals surface area contributed by atoms with Crippen molar-refractivity contribution < 1.29 is 14.3 Å². The number of oxazole rings is 1. The van der Waals surface area contributed by atoms with Crippen LogP contribution in [0.3, 0.4) is 0 Å². The number of aromatic hydroxyl groups is 1. The van der Waals surface area contributed by atoms with Gasteiger partial charge in [0, 0.05) is 29.8 Å². The minimum absolute atomic E-state index is 0.0609. The number of carbonyl (C=O) groups excluding carboxylic acids is 1. The highest BCUT2D eigenvalue weighted by atomic mass is 16.3. The van der Waals surface area contributed by atoms with Gasteiger partial charge in [0.1, 0.15) is 5.75 Å². The molecular formula is C20H20N2O3. The molecule has 5 heteroatoms. The van der Waals surface area contributed by atoms with Crippen LogP contribution in [0.5, 0.6) is 5.75 Å². The molecule has 0 bridgehead atoms. The Bertz CT molecular complexity index is 826. The average molecular weight is 336 g/mol. The molecule has 1 aromatic heterocycles. The summed E-state index contributed by atoms with van der Waals surface area (Å²) >= 11 is 0. The number of phenolic OH excluding ortho intramolecular Hbond substituents is 1. The third-order valence-electron chi connectivity index (χ3n) is 3.98. The second-order valence-electron chi connectivity index (χ2n) is 5.80. The number of hydrogen-bond donors (Lipinski definition) is 1. The van der Waals surface area contributed by atoms with E-state index in [0.29, 0.717) is 24.4 Å². The van der Waals surface area contributed by atoms with Crippen LogP contribution >= 0.6 is 0 Å². The number of hydrogen-bond acceptors (Lipinski definition) is 4. The summed E-state index contributed by atoms with van der Waals surface area (Å²) in [5.41, 5.74) is 2.21. The topological polar surface area (TPSA) is 66.6 Å². The predicted molar refractivity (Wildman–Crippen MR) is 95.1 cm³/mol. The molecule has 0 atom stereocenters. The van der Waals surface area contributed by atoms with E-state index in [-0.39, 0.29) is 11.7 Å². The number of para-hydroxylation sites is 1. The van der Waals surface area contributed by atoms with Crippen molar-refractivity contribution in [1.29, 1.82) is 0 Å². The Morgan fingerprint density at radius 2 is 1.92 bits per heavy atom. The molecule has 0 unspecified atom stereocenters. The maximum absolute atomic E-state index is 12.9. The summed E-state index contributed by atoms with van der Waals surface area (Å²) in [6, 6.07) is 14.4. The van der Waals surface area contributed by atoms with Gasteiger partial charge in [-0.05, 0) is 24.6 Å². The molecule has 1 N–H and O–H groups in total. The molecule has 0 saturated carbocycles. The van der Waals surface area contributed by atoms with Gasteiger partial charge >= 0.3 is 0 Å². The Labute approximate surface area is 146 Å². The fraction of sp³-hybridized carbons (Fsp3) is 0.200. The van der Waals surface area contributed by atoms with Crippen LogP contribution in [0, 0.1) is 0 Å². The predicted octanol–water partition coefficient (Wildman–Crippen LogP) is 4.10. The number of phenols is 1. The molecule has 3 rings (SSSR count). The number of aromatic nitrogens is 1. The van der Waals surface area contributed by atoms with Crippen molar-refractivity contribution in [3.63, 3.8) is 0 Å². The highest BCUT2D eigenvalue weighted by Crippen LogP contribution is 2.22. The van der Waals surface area contributed by atoms with Crippen LogP contribution in [0.4, 0.5) is 0 Å². The van der Waals surface area contributed by atoms with Crippen LogP contribution in [0.2, 0.25) is 0 Å². The van der Waals surface area contributed by atoms with Crippen LogP contribution in [-0.4, -0.2) is 27.4 Å². The van der Waals surface area contributed by atoms with E-state index >= 15 is 0 Å². The van der Waals surface area contributed by atoms with E-state index in [0.717, 1.165) is 17.5 Å². The molecule has 0 aliphatic carbocycles. The summed E-state index contributed by atoms with van der Waals surface area (Å²) in [5, 5.41) is 9.97. The maximum atomic E-state index is 12.9.